The summed E-state index contributed by atoms with van der Waals surface area (Å²) in [6, 6.07) is 7.48. The molecule has 0 unspecified atom stereocenters. The highest BCUT2D eigenvalue weighted by molar-refractivity contribution is 7.89. The average Bonchev–Trinajstić information content (AvgIpc) is 2.48. The van der Waals surface area contributed by atoms with Gasteiger partial charge in [0.15, 0.2) is 0 Å². The number of rotatable bonds is 5. The third-order valence-corrected chi connectivity index (χ3v) is 6.09. The van der Waals surface area contributed by atoms with Gasteiger partial charge >= 0.3 is 5.63 Å². The van der Waals surface area contributed by atoms with Gasteiger partial charge in [-0.2, -0.15) is 4.31 Å². The van der Waals surface area contributed by atoms with Crippen LogP contribution in [0.3, 0.4) is 0 Å². The molecule has 1 N–H and O–H groups in total. The third-order valence-electron chi connectivity index (χ3n) is 4.10. The lowest BCUT2D eigenvalue weighted by atomic mass is 10.2. The van der Waals surface area contributed by atoms with Crippen LogP contribution in [0.5, 0.6) is 5.75 Å². The molecule has 8 nitrogen and oxygen atoms in total. The van der Waals surface area contributed by atoms with Gasteiger partial charge in [-0.3, -0.25) is 4.79 Å². The van der Waals surface area contributed by atoms with Crippen molar-refractivity contribution in [2.45, 2.75) is 31.8 Å². The third kappa shape index (κ3) is 4.20. The van der Waals surface area contributed by atoms with Crippen LogP contribution in [0.25, 0.3) is 0 Å². The maximum atomic E-state index is 12.8. The van der Waals surface area contributed by atoms with Crippen LogP contribution in [-0.2, 0) is 14.8 Å². The van der Waals surface area contributed by atoms with E-state index in [0.717, 1.165) is 0 Å². The Bertz CT molecular complexity index is 1040. The van der Waals surface area contributed by atoms with Crippen molar-refractivity contribution >= 4 is 21.6 Å². The largest absolute Gasteiger partial charge is 0.487 e. The van der Waals surface area contributed by atoms with Gasteiger partial charge in [0.25, 0.3) is 0 Å². The Labute approximate surface area is 156 Å². The van der Waals surface area contributed by atoms with E-state index in [1.165, 1.54) is 23.4 Å². The van der Waals surface area contributed by atoms with E-state index in [0.29, 0.717) is 22.8 Å². The summed E-state index contributed by atoms with van der Waals surface area (Å²) in [7, 11) is -3.66. The predicted molar refractivity (Wildman–Crippen MR) is 98.4 cm³/mol. The van der Waals surface area contributed by atoms with Crippen molar-refractivity contribution in [2.24, 2.45) is 0 Å². The molecule has 144 valence electrons. The fourth-order valence-electron chi connectivity index (χ4n) is 2.87. The number of ether oxygens (including phenoxy) is 1. The van der Waals surface area contributed by atoms with E-state index in [1.807, 2.05) is 0 Å². The zero-order valence-electron chi connectivity index (χ0n) is 15.2. The SMILES string of the molecule is CC(=O)Nc1ccc(S(=O)(=O)N2CC(Oc3cc(C)oc(=O)c3)C2)c(C)c1. The molecule has 1 aromatic carbocycles. The van der Waals surface area contributed by atoms with E-state index in [9.17, 15) is 18.0 Å². The zero-order chi connectivity index (χ0) is 19.8. The van der Waals surface area contributed by atoms with Gasteiger partial charge in [0.05, 0.1) is 24.1 Å². The number of nitrogens with zero attached hydrogens (tertiary/aromatic N) is 1. The molecule has 1 aliphatic heterocycles. The summed E-state index contributed by atoms with van der Waals surface area (Å²) in [5.41, 5.74) is 0.577. The number of carbonyl (C=O) groups excluding carboxylic acids is 1. The van der Waals surface area contributed by atoms with E-state index in [2.05, 4.69) is 5.32 Å². The summed E-state index contributed by atoms with van der Waals surface area (Å²) in [6.07, 6.45) is -0.333. The maximum absolute atomic E-state index is 12.8. The molecule has 2 heterocycles. The minimum absolute atomic E-state index is 0.186. The molecule has 0 atom stereocenters. The van der Waals surface area contributed by atoms with E-state index < -0.39 is 15.6 Å². The molecule has 0 aliphatic carbocycles. The number of hydrogen-bond acceptors (Lipinski definition) is 6. The van der Waals surface area contributed by atoms with Gasteiger partial charge in [-0.05, 0) is 37.6 Å². The summed E-state index contributed by atoms with van der Waals surface area (Å²) in [6.45, 7) is 5.08. The molecule has 0 radical (unpaired) electrons. The summed E-state index contributed by atoms with van der Waals surface area (Å²) >= 11 is 0. The Balaban J connectivity index is 1.69. The number of sulfonamides is 1. The predicted octanol–water partition coefficient (Wildman–Crippen LogP) is 1.67. The Morgan fingerprint density at radius 1 is 1.22 bits per heavy atom. The van der Waals surface area contributed by atoms with Crippen LogP contribution in [0.1, 0.15) is 18.2 Å². The van der Waals surface area contributed by atoms with E-state index in [-0.39, 0.29) is 30.0 Å². The van der Waals surface area contributed by atoms with Crippen molar-refractivity contribution in [1.82, 2.24) is 4.31 Å². The molecular formula is C18H20N2O6S. The highest BCUT2D eigenvalue weighted by Crippen LogP contribution is 2.28. The number of aryl methyl sites for hydroxylation is 2. The second-order valence-electron chi connectivity index (χ2n) is 6.45. The summed E-state index contributed by atoms with van der Waals surface area (Å²) in [5, 5.41) is 2.62. The average molecular weight is 392 g/mol. The number of nitrogens with one attached hydrogen (secondary N) is 1. The number of amides is 1. The number of hydrogen-bond donors (Lipinski definition) is 1. The van der Waals surface area contributed by atoms with Gasteiger partial charge in [0, 0.05) is 18.7 Å². The minimum atomic E-state index is -3.66. The van der Waals surface area contributed by atoms with Crippen molar-refractivity contribution in [3.05, 3.63) is 52.1 Å². The van der Waals surface area contributed by atoms with Gasteiger partial charge < -0.3 is 14.5 Å². The first-order valence-electron chi connectivity index (χ1n) is 8.32. The zero-order valence-corrected chi connectivity index (χ0v) is 16.0. The minimum Gasteiger partial charge on any atom is -0.487 e. The van der Waals surface area contributed by atoms with Crippen molar-refractivity contribution in [3.63, 3.8) is 0 Å². The van der Waals surface area contributed by atoms with Crippen LogP contribution in [0.2, 0.25) is 0 Å². The fraction of sp³-hybridized carbons (Fsp3) is 0.333. The van der Waals surface area contributed by atoms with Gasteiger partial charge in [0.2, 0.25) is 15.9 Å². The number of benzene rings is 1. The standard InChI is InChI=1S/C18H20N2O6S/c1-11-6-14(19-13(3)21)4-5-17(11)27(23,24)20-9-16(10-20)26-15-7-12(2)25-18(22)8-15/h4-8,16H,9-10H2,1-3H3,(H,19,21). The Kier molecular flexibility index (Phi) is 5.07. The summed E-state index contributed by atoms with van der Waals surface area (Å²) < 4.78 is 37.4. The van der Waals surface area contributed by atoms with E-state index >= 15 is 0 Å². The van der Waals surface area contributed by atoms with Gasteiger partial charge in [-0.25, -0.2) is 13.2 Å². The molecule has 9 heteroatoms. The fourth-order valence-corrected chi connectivity index (χ4v) is 4.58. The van der Waals surface area contributed by atoms with Crippen LogP contribution in [0, 0.1) is 13.8 Å². The molecule has 1 amide bonds. The Morgan fingerprint density at radius 2 is 1.93 bits per heavy atom. The first-order chi connectivity index (χ1) is 12.6. The molecule has 27 heavy (non-hydrogen) atoms. The normalized spacial score (nSPS) is 15.2. The van der Waals surface area contributed by atoms with Gasteiger partial charge in [-0.15, -0.1) is 0 Å². The number of carbonyl (C=O) groups is 1. The van der Waals surface area contributed by atoms with Crippen LogP contribution in [0.15, 0.2) is 44.4 Å². The molecule has 1 fully saturated rings. The maximum Gasteiger partial charge on any atom is 0.339 e. The molecule has 3 rings (SSSR count). The van der Waals surface area contributed by atoms with Crippen LogP contribution >= 0.6 is 0 Å². The molecule has 2 aromatic rings. The van der Waals surface area contributed by atoms with Crippen molar-refractivity contribution < 1.29 is 22.4 Å². The number of anilines is 1. The molecule has 0 saturated carbocycles. The smallest absolute Gasteiger partial charge is 0.339 e. The molecule has 1 saturated heterocycles. The lowest BCUT2D eigenvalue weighted by molar-refractivity contribution is -0.114. The van der Waals surface area contributed by atoms with E-state index in [1.54, 1.807) is 32.0 Å². The quantitative estimate of drug-likeness (QED) is 0.830. The Hall–Kier alpha value is -2.65. The van der Waals surface area contributed by atoms with Gasteiger partial charge in [-0.1, -0.05) is 0 Å². The molecule has 0 spiro atoms. The molecular weight excluding hydrogens is 372 g/mol. The summed E-state index contributed by atoms with van der Waals surface area (Å²) in [4.78, 5) is 22.7. The van der Waals surface area contributed by atoms with Crippen molar-refractivity contribution in [1.29, 1.82) is 0 Å². The highest BCUT2D eigenvalue weighted by Gasteiger charge is 2.38. The molecule has 0 bridgehead atoms. The topological polar surface area (TPSA) is 106 Å². The highest BCUT2D eigenvalue weighted by atomic mass is 32.2. The lowest BCUT2D eigenvalue weighted by Crippen LogP contribution is -2.56. The second-order valence-corrected chi connectivity index (χ2v) is 8.35. The first kappa shape index (κ1) is 19.1. The van der Waals surface area contributed by atoms with Crippen molar-refractivity contribution in [3.8, 4) is 5.75 Å². The van der Waals surface area contributed by atoms with Gasteiger partial charge in [0.1, 0.15) is 17.6 Å². The monoisotopic (exact) mass is 392 g/mol. The van der Waals surface area contributed by atoms with Crippen LogP contribution in [-0.4, -0.2) is 37.8 Å². The van der Waals surface area contributed by atoms with Crippen LogP contribution < -0.4 is 15.7 Å². The van der Waals surface area contributed by atoms with Crippen LogP contribution in [0.4, 0.5) is 5.69 Å². The first-order valence-corrected chi connectivity index (χ1v) is 9.76. The molecule has 1 aromatic heterocycles. The van der Waals surface area contributed by atoms with E-state index in [4.69, 9.17) is 9.15 Å². The lowest BCUT2D eigenvalue weighted by Gasteiger charge is -2.38. The Morgan fingerprint density at radius 3 is 2.52 bits per heavy atom. The second kappa shape index (κ2) is 7.16. The van der Waals surface area contributed by atoms with Crippen molar-refractivity contribution in [2.75, 3.05) is 18.4 Å². The summed E-state index contributed by atoms with van der Waals surface area (Å²) in [5.74, 6) is 0.566. The molecule has 1 aliphatic rings.